The van der Waals surface area contributed by atoms with Gasteiger partial charge in [-0.05, 0) is 185 Å². The van der Waals surface area contributed by atoms with Gasteiger partial charge in [0.15, 0.2) is 0 Å². The Morgan fingerprint density at radius 3 is 0.875 bits per heavy atom. The number of aryl methyl sites for hydroxylation is 2. The molecule has 0 saturated carbocycles. The molecule has 88 heavy (non-hydrogen) atoms. The zero-order chi connectivity index (χ0) is 60.0. The normalized spacial score (nSPS) is 18.0. The molecule has 4 heteroatoms. The first-order valence-electron chi connectivity index (χ1n) is 31.7. The van der Waals surface area contributed by atoms with E-state index in [1.54, 1.807) is 0 Å². The summed E-state index contributed by atoms with van der Waals surface area (Å²) in [6.45, 7) is 19.2. The molecule has 2 aliphatic heterocycles. The highest BCUT2D eigenvalue weighted by Gasteiger charge is 2.58. The third kappa shape index (κ3) is 6.76. The summed E-state index contributed by atoms with van der Waals surface area (Å²) < 4.78 is 0. The van der Waals surface area contributed by atoms with E-state index >= 15 is 0 Å². The second-order valence-electron chi connectivity index (χ2n) is 27.9. The van der Waals surface area contributed by atoms with Crippen molar-refractivity contribution < 1.29 is 0 Å². The van der Waals surface area contributed by atoms with Crippen molar-refractivity contribution >= 4 is 57.3 Å². The number of hydrogen-bond donors (Lipinski definition) is 0. The Labute approximate surface area is 529 Å². The van der Waals surface area contributed by atoms with Crippen LogP contribution < -0.4 is 9.80 Å². The van der Waals surface area contributed by atoms with Crippen LogP contribution in [-0.2, 0) is 58.2 Å². The van der Waals surface area contributed by atoms with Crippen molar-refractivity contribution in [2.45, 2.75) is 114 Å². The van der Waals surface area contributed by atoms with Crippen molar-refractivity contribution in [2.75, 3.05) is 9.80 Å². The standard InChI is InChI=1S/C84H70Cl2N2/c1-79(2)57-25-9-13-29-61(57)83(62-30-14-10-26-58(62)79)69-49-53(87-71-37-21-17-33-65(71)81(5,6)66-34-18-22-38-72(66)87)46-42-52(69)44-48-56-75(83)55-47-43-51-41-45-54(88-73-39-23-19-35-67(73)82(7,8)68-36-20-24-40-74(68)88)50-70(51)84(76(55)78(86)77(56)85)63-31-15-11-27-59(63)80(3,4)60-28-12-16-32-64(60)84/h9-42,45-46,49-50H,43-44,47-48H2,1-8H3. The molecule has 0 fully saturated rings. The van der Waals surface area contributed by atoms with Crippen molar-refractivity contribution in [3.63, 3.8) is 0 Å². The van der Waals surface area contributed by atoms with E-state index in [9.17, 15) is 0 Å². The van der Waals surface area contributed by atoms with Gasteiger partial charge >= 0.3 is 0 Å². The number of hydrogen-bond acceptors (Lipinski definition) is 2. The van der Waals surface area contributed by atoms with Crippen LogP contribution in [0.4, 0.5) is 34.1 Å². The van der Waals surface area contributed by atoms with Gasteiger partial charge in [-0.3, -0.25) is 0 Å². The summed E-state index contributed by atoms with van der Waals surface area (Å²) in [6.07, 6.45) is 3.04. The molecule has 11 aromatic carbocycles. The van der Waals surface area contributed by atoms with Gasteiger partial charge in [-0.1, -0.05) is 261 Å². The van der Waals surface area contributed by atoms with Gasteiger partial charge in [0.1, 0.15) is 0 Å². The van der Waals surface area contributed by atoms with Gasteiger partial charge in [-0.25, -0.2) is 0 Å². The molecule has 2 spiro atoms. The molecule has 0 aromatic heterocycles. The molecule has 430 valence electrons. The first-order valence-corrected chi connectivity index (χ1v) is 32.5. The lowest BCUT2D eigenvalue weighted by atomic mass is 9.51. The van der Waals surface area contributed by atoms with Crippen LogP contribution in [0.1, 0.15) is 167 Å². The summed E-state index contributed by atoms with van der Waals surface area (Å²) in [5.74, 6) is 0. The Morgan fingerprint density at radius 1 is 0.261 bits per heavy atom. The first kappa shape index (κ1) is 53.8. The molecule has 0 N–H and O–H groups in total. The third-order valence-corrected chi connectivity index (χ3v) is 23.3. The summed E-state index contributed by atoms with van der Waals surface area (Å²) in [5, 5.41) is 1.31. The molecule has 0 radical (unpaired) electrons. The van der Waals surface area contributed by atoms with Crippen LogP contribution >= 0.6 is 23.2 Å². The van der Waals surface area contributed by atoms with Gasteiger partial charge in [-0.15, -0.1) is 0 Å². The van der Waals surface area contributed by atoms with Crippen LogP contribution in [0.2, 0.25) is 10.0 Å². The van der Waals surface area contributed by atoms with Crippen LogP contribution in [0.15, 0.2) is 231 Å². The maximum atomic E-state index is 8.70. The maximum Gasteiger partial charge on any atom is 0.0728 e. The smallest absolute Gasteiger partial charge is 0.0728 e. The number of rotatable bonds is 2. The van der Waals surface area contributed by atoms with E-state index < -0.39 is 10.8 Å². The molecule has 0 amide bonds. The largest absolute Gasteiger partial charge is 0.310 e. The van der Waals surface area contributed by atoms with Crippen molar-refractivity contribution in [2.24, 2.45) is 0 Å². The Morgan fingerprint density at radius 2 is 0.534 bits per heavy atom. The predicted molar refractivity (Wildman–Crippen MR) is 366 cm³/mol. The minimum Gasteiger partial charge on any atom is -0.310 e. The molecule has 2 nitrogen and oxygen atoms in total. The maximum absolute atomic E-state index is 8.70. The number of nitrogens with zero attached hydrogens (tertiary/aromatic N) is 2. The van der Waals surface area contributed by atoms with E-state index in [4.69, 9.17) is 23.2 Å². The Balaban J connectivity index is 1.04. The third-order valence-electron chi connectivity index (χ3n) is 22.4. The second kappa shape index (κ2) is 18.6. The molecule has 11 aromatic rings. The lowest BCUT2D eigenvalue weighted by Gasteiger charge is -2.51. The fraction of sp³-hybridized carbons (Fsp3) is 0.214. The monoisotopic (exact) mass is 1180 g/mol. The van der Waals surface area contributed by atoms with E-state index in [0.717, 1.165) is 48.2 Å². The van der Waals surface area contributed by atoms with Gasteiger partial charge in [0, 0.05) is 33.0 Å². The number of halogens is 2. The summed E-state index contributed by atoms with van der Waals surface area (Å²) >= 11 is 17.3. The SMILES string of the molecule is CC1(C)c2ccccc2N(c2ccc3c(c2)C2(c4ccccc4C(C)(C)c4ccccc42)c2c(Cl)c(Cl)c4c(c2CC3)C2(c3cc(N5c6ccccc6C(C)(C)c6ccccc65)ccc3CC4)c3ccccc3C(C)(C)c3ccccc32)c2ccccc21. The molecule has 0 atom stereocenters. The van der Waals surface area contributed by atoms with Crippen molar-refractivity contribution in [1.82, 2.24) is 0 Å². The lowest BCUT2D eigenvalue weighted by Crippen LogP contribution is -2.45. The van der Waals surface area contributed by atoms with Crippen LogP contribution in [0.25, 0.3) is 0 Å². The van der Waals surface area contributed by atoms with Crippen molar-refractivity contribution in [3.05, 3.63) is 352 Å². The molecule has 2 heterocycles. The Hall–Kier alpha value is -8.40. The van der Waals surface area contributed by atoms with Crippen LogP contribution in [0.3, 0.4) is 0 Å². The fourth-order valence-corrected chi connectivity index (χ4v) is 19.1. The summed E-state index contributed by atoms with van der Waals surface area (Å²) in [5.41, 5.74) is 29.7. The first-order chi connectivity index (χ1) is 42.5. The zero-order valence-electron chi connectivity index (χ0n) is 51.4. The molecule has 17 rings (SSSR count). The van der Waals surface area contributed by atoms with Gasteiger partial charge in [0.2, 0.25) is 0 Å². The quantitative estimate of drug-likeness (QED) is 0.170. The number of para-hydroxylation sites is 4. The molecule has 6 aliphatic rings. The Bertz CT molecular complexity index is 4620. The average molecular weight is 1180 g/mol. The molecular formula is C84H70Cl2N2. The fourth-order valence-electron chi connectivity index (χ4n) is 18.5. The van der Waals surface area contributed by atoms with Crippen molar-refractivity contribution in [1.29, 1.82) is 0 Å². The van der Waals surface area contributed by atoms with Crippen LogP contribution in [0.5, 0.6) is 0 Å². The number of benzene rings is 11. The van der Waals surface area contributed by atoms with E-state index in [0.29, 0.717) is 10.0 Å². The average Bonchev–Trinajstić information content (AvgIpc) is 1.15. The van der Waals surface area contributed by atoms with E-state index in [-0.39, 0.29) is 21.7 Å². The minimum absolute atomic E-state index is 0.213. The molecule has 0 saturated heterocycles. The van der Waals surface area contributed by atoms with Crippen LogP contribution in [-0.4, -0.2) is 0 Å². The molecular weight excluding hydrogens is 1110 g/mol. The molecule has 0 unspecified atom stereocenters. The molecule has 0 bridgehead atoms. The summed E-state index contributed by atoms with van der Waals surface area (Å²) in [6, 6.07) is 88.7. The highest BCUT2D eigenvalue weighted by Crippen LogP contribution is 2.67. The highest BCUT2D eigenvalue weighted by atomic mass is 35.5. The van der Waals surface area contributed by atoms with E-state index in [1.165, 1.54) is 123 Å². The Kier molecular flexibility index (Phi) is 11.4. The number of anilines is 6. The number of fused-ring (bicyclic) bond motifs is 21. The van der Waals surface area contributed by atoms with E-state index in [1.807, 2.05) is 0 Å². The summed E-state index contributed by atoms with van der Waals surface area (Å²) in [4.78, 5) is 5.09. The van der Waals surface area contributed by atoms with Crippen LogP contribution in [0, 0.1) is 0 Å². The minimum atomic E-state index is -0.942. The van der Waals surface area contributed by atoms with Gasteiger partial charge in [0.25, 0.3) is 0 Å². The highest BCUT2D eigenvalue weighted by molar-refractivity contribution is 6.43. The van der Waals surface area contributed by atoms with E-state index in [2.05, 4.69) is 296 Å². The summed E-state index contributed by atoms with van der Waals surface area (Å²) in [7, 11) is 0. The zero-order valence-corrected chi connectivity index (χ0v) is 52.9. The second-order valence-corrected chi connectivity index (χ2v) is 28.7. The molecule has 4 aliphatic carbocycles. The van der Waals surface area contributed by atoms with Gasteiger partial charge < -0.3 is 9.80 Å². The predicted octanol–water partition coefficient (Wildman–Crippen LogP) is 21.5. The van der Waals surface area contributed by atoms with Crippen molar-refractivity contribution in [3.8, 4) is 0 Å². The lowest BCUT2D eigenvalue weighted by molar-refractivity contribution is 0.548. The van der Waals surface area contributed by atoms with Gasteiger partial charge in [0.05, 0.1) is 43.6 Å². The topological polar surface area (TPSA) is 6.48 Å². The van der Waals surface area contributed by atoms with Gasteiger partial charge in [-0.2, -0.15) is 0 Å².